The van der Waals surface area contributed by atoms with Crippen LogP contribution in [0.3, 0.4) is 0 Å². The molecule has 1 atom stereocenters. The highest BCUT2D eigenvalue weighted by Gasteiger charge is 2.22. The van der Waals surface area contributed by atoms with Crippen LogP contribution in [0.5, 0.6) is 0 Å². The maximum Gasteiger partial charge on any atom is 0.220 e. The number of hydrogen-bond donors (Lipinski definition) is 2. The summed E-state index contributed by atoms with van der Waals surface area (Å²) in [4.78, 5) is 12.2. The molecule has 3 rings (SSSR count). The van der Waals surface area contributed by atoms with Crippen molar-refractivity contribution in [2.75, 3.05) is 13.1 Å². The molecule has 21 heavy (non-hydrogen) atoms. The van der Waals surface area contributed by atoms with Gasteiger partial charge in [-0.2, -0.15) is 0 Å². The van der Waals surface area contributed by atoms with Crippen molar-refractivity contribution in [1.82, 2.24) is 10.6 Å². The number of amides is 1. The molecule has 116 valence electrons. The molecule has 1 heterocycles. The molecule has 1 aromatic rings. The van der Waals surface area contributed by atoms with Crippen LogP contribution < -0.4 is 10.6 Å². The molecule has 4 heteroatoms. The molecule has 1 unspecified atom stereocenters. The summed E-state index contributed by atoms with van der Waals surface area (Å²) in [5, 5.41) is 6.60. The number of piperidine rings is 1. The van der Waals surface area contributed by atoms with Crippen LogP contribution in [0.1, 0.15) is 36.8 Å². The van der Waals surface area contributed by atoms with Crippen molar-refractivity contribution in [3.8, 4) is 0 Å². The van der Waals surface area contributed by atoms with Gasteiger partial charge in [-0.3, -0.25) is 4.79 Å². The minimum Gasteiger partial charge on any atom is -0.353 e. The van der Waals surface area contributed by atoms with Crippen molar-refractivity contribution in [3.05, 3.63) is 35.4 Å². The standard InChI is InChI=1S/C17H24N2O.ClH/c20-17(11-13-7-9-18-10-8-13)19-16-6-5-14-3-1-2-4-15(14)12-16;/h1-4,13,16,18H,5-12H2,(H,19,20);1H. The van der Waals surface area contributed by atoms with E-state index in [2.05, 4.69) is 34.9 Å². The van der Waals surface area contributed by atoms with Crippen LogP contribution >= 0.6 is 12.4 Å². The molecule has 3 nitrogen and oxygen atoms in total. The predicted molar refractivity (Wildman–Crippen MR) is 87.9 cm³/mol. The van der Waals surface area contributed by atoms with E-state index in [0.717, 1.165) is 45.2 Å². The van der Waals surface area contributed by atoms with Crippen molar-refractivity contribution in [1.29, 1.82) is 0 Å². The molecule has 0 aromatic heterocycles. The molecule has 1 fully saturated rings. The molecule has 0 radical (unpaired) electrons. The maximum absolute atomic E-state index is 12.2. The first-order chi connectivity index (χ1) is 9.81. The third-order valence-corrected chi connectivity index (χ3v) is 4.64. The number of nitrogens with one attached hydrogen (secondary N) is 2. The fourth-order valence-electron chi connectivity index (χ4n) is 3.46. The molecule has 2 N–H and O–H groups in total. The Bertz CT molecular complexity index is 472. The van der Waals surface area contributed by atoms with Gasteiger partial charge in [-0.1, -0.05) is 24.3 Å². The van der Waals surface area contributed by atoms with Gasteiger partial charge in [0.1, 0.15) is 0 Å². The summed E-state index contributed by atoms with van der Waals surface area (Å²) >= 11 is 0. The smallest absolute Gasteiger partial charge is 0.220 e. The first-order valence-electron chi connectivity index (χ1n) is 7.88. The molecular formula is C17H25ClN2O. The van der Waals surface area contributed by atoms with Gasteiger partial charge in [0, 0.05) is 12.5 Å². The van der Waals surface area contributed by atoms with Gasteiger partial charge in [0.2, 0.25) is 5.91 Å². The Kier molecular flexibility index (Phi) is 6.07. The average molecular weight is 309 g/mol. The summed E-state index contributed by atoms with van der Waals surface area (Å²) in [6.07, 6.45) is 6.15. The predicted octanol–water partition coefficient (Wildman–Crippen LogP) is 2.47. The summed E-state index contributed by atoms with van der Waals surface area (Å²) in [6.45, 7) is 2.13. The molecule has 1 aliphatic heterocycles. The first-order valence-corrected chi connectivity index (χ1v) is 7.88. The number of carbonyl (C=O) groups is 1. The highest BCUT2D eigenvalue weighted by atomic mass is 35.5. The number of fused-ring (bicyclic) bond motifs is 1. The molecule has 0 bridgehead atoms. The zero-order valence-electron chi connectivity index (χ0n) is 12.4. The second kappa shape index (κ2) is 7.81. The van der Waals surface area contributed by atoms with E-state index >= 15 is 0 Å². The Morgan fingerprint density at radius 3 is 2.62 bits per heavy atom. The van der Waals surface area contributed by atoms with E-state index in [-0.39, 0.29) is 18.3 Å². The lowest BCUT2D eigenvalue weighted by atomic mass is 9.88. The summed E-state index contributed by atoms with van der Waals surface area (Å²) in [7, 11) is 0. The van der Waals surface area contributed by atoms with Gasteiger partial charge < -0.3 is 10.6 Å². The first kappa shape index (κ1) is 16.3. The minimum atomic E-state index is 0. The van der Waals surface area contributed by atoms with Crippen LogP contribution in [0.4, 0.5) is 0 Å². The quantitative estimate of drug-likeness (QED) is 0.900. The number of hydrogen-bond acceptors (Lipinski definition) is 2. The van der Waals surface area contributed by atoms with Gasteiger partial charge in [-0.25, -0.2) is 0 Å². The Hall–Kier alpha value is -1.06. The number of benzene rings is 1. The molecule has 2 aliphatic rings. The molecule has 1 aromatic carbocycles. The number of rotatable bonds is 3. The van der Waals surface area contributed by atoms with Crippen molar-refractivity contribution >= 4 is 18.3 Å². The van der Waals surface area contributed by atoms with Crippen LogP contribution in [0.15, 0.2) is 24.3 Å². The van der Waals surface area contributed by atoms with Crippen molar-refractivity contribution in [2.45, 2.75) is 44.6 Å². The average Bonchev–Trinajstić information content (AvgIpc) is 2.48. The van der Waals surface area contributed by atoms with Crippen LogP contribution in [0, 0.1) is 5.92 Å². The van der Waals surface area contributed by atoms with Crippen molar-refractivity contribution in [3.63, 3.8) is 0 Å². The van der Waals surface area contributed by atoms with Crippen LogP contribution in [0.2, 0.25) is 0 Å². The van der Waals surface area contributed by atoms with E-state index < -0.39 is 0 Å². The second-order valence-electron chi connectivity index (χ2n) is 6.17. The third-order valence-electron chi connectivity index (χ3n) is 4.64. The lowest BCUT2D eigenvalue weighted by Crippen LogP contribution is -2.40. The van der Waals surface area contributed by atoms with Crippen LogP contribution in [-0.2, 0) is 17.6 Å². The Labute approximate surface area is 133 Å². The molecule has 1 aliphatic carbocycles. The summed E-state index contributed by atoms with van der Waals surface area (Å²) in [5.74, 6) is 0.827. The molecule has 0 spiro atoms. The van der Waals surface area contributed by atoms with Gasteiger partial charge in [0.25, 0.3) is 0 Å². The van der Waals surface area contributed by atoms with E-state index in [1.165, 1.54) is 11.1 Å². The number of halogens is 1. The normalized spacial score (nSPS) is 22.0. The fourth-order valence-corrected chi connectivity index (χ4v) is 3.46. The van der Waals surface area contributed by atoms with E-state index in [0.29, 0.717) is 18.4 Å². The lowest BCUT2D eigenvalue weighted by Gasteiger charge is -2.27. The van der Waals surface area contributed by atoms with Crippen LogP contribution in [0.25, 0.3) is 0 Å². The second-order valence-corrected chi connectivity index (χ2v) is 6.17. The number of aryl methyl sites for hydroxylation is 1. The Morgan fingerprint density at radius 2 is 1.86 bits per heavy atom. The highest BCUT2D eigenvalue weighted by molar-refractivity contribution is 5.85. The Morgan fingerprint density at radius 1 is 1.14 bits per heavy atom. The minimum absolute atomic E-state index is 0. The number of carbonyl (C=O) groups excluding carboxylic acids is 1. The van der Waals surface area contributed by atoms with E-state index in [1.807, 2.05) is 0 Å². The summed E-state index contributed by atoms with van der Waals surface area (Å²) in [6, 6.07) is 8.94. The largest absolute Gasteiger partial charge is 0.353 e. The van der Waals surface area contributed by atoms with Crippen LogP contribution in [-0.4, -0.2) is 25.0 Å². The van der Waals surface area contributed by atoms with Crippen molar-refractivity contribution in [2.24, 2.45) is 5.92 Å². The summed E-state index contributed by atoms with van der Waals surface area (Å²) in [5.41, 5.74) is 2.86. The highest BCUT2D eigenvalue weighted by Crippen LogP contribution is 2.22. The zero-order chi connectivity index (χ0) is 13.8. The SMILES string of the molecule is Cl.O=C(CC1CCNCC1)NC1CCc2ccccc2C1. The zero-order valence-corrected chi connectivity index (χ0v) is 13.3. The third kappa shape index (κ3) is 4.45. The van der Waals surface area contributed by atoms with E-state index in [9.17, 15) is 4.79 Å². The monoisotopic (exact) mass is 308 g/mol. The molecule has 0 saturated carbocycles. The van der Waals surface area contributed by atoms with Gasteiger partial charge in [0.15, 0.2) is 0 Å². The summed E-state index contributed by atoms with van der Waals surface area (Å²) < 4.78 is 0. The Balaban J connectivity index is 0.00000161. The van der Waals surface area contributed by atoms with E-state index in [4.69, 9.17) is 0 Å². The van der Waals surface area contributed by atoms with Gasteiger partial charge in [0.05, 0.1) is 0 Å². The molecular weight excluding hydrogens is 284 g/mol. The van der Waals surface area contributed by atoms with Crippen molar-refractivity contribution < 1.29 is 4.79 Å². The maximum atomic E-state index is 12.2. The molecule has 1 saturated heterocycles. The molecule has 1 amide bonds. The topological polar surface area (TPSA) is 41.1 Å². The lowest BCUT2D eigenvalue weighted by molar-refractivity contribution is -0.123. The van der Waals surface area contributed by atoms with Gasteiger partial charge in [-0.15, -0.1) is 12.4 Å². The fraction of sp³-hybridized carbons (Fsp3) is 0.588. The van der Waals surface area contributed by atoms with E-state index in [1.54, 1.807) is 0 Å². The van der Waals surface area contributed by atoms with Gasteiger partial charge >= 0.3 is 0 Å². The van der Waals surface area contributed by atoms with Gasteiger partial charge in [-0.05, 0) is 62.2 Å².